The van der Waals surface area contributed by atoms with E-state index in [1.54, 1.807) is 30.3 Å². The van der Waals surface area contributed by atoms with Crippen molar-refractivity contribution in [3.63, 3.8) is 0 Å². The first kappa shape index (κ1) is 20.7. The Morgan fingerprint density at radius 1 is 1.14 bits per heavy atom. The lowest BCUT2D eigenvalue weighted by atomic mass is 10.0. The molecule has 1 aliphatic heterocycles. The summed E-state index contributed by atoms with van der Waals surface area (Å²) in [5.41, 5.74) is 2.57. The van der Waals surface area contributed by atoms with E-state index in [0.29, 0.717) is 43.0 Å². The molecule has 0 unspecified atom stereocenters. The molecule has 2 aromatic rings. The monoisotopic (exact) mass is 417 g/mol. The van der Waals surface area contributed by atoms with Gasteiger partial charge in [0.2, 0.25) is 21.8 Å². The summed E-state index contributed by atoms with van der Waals surface area (Å²) < 4.78 is 30.9. The molecule has 2 aromatic carbocycles. The van der Waals surface area contributed by atoms with Crippen LogP contribution in [0.3, 0.4) is 0 Å². The quantitative estimate of drug-likeness (QED) is 0.572. The molecule has 29 heavy (non-hydrogen) atoms. The van der Waals surface area contributed by atoms with Crippen molar-refractivity contribution in [1.29, 1.82) is 0 Å². The van der Waals surface area contributed by atoms with E-state index < -0.39 is 10.0 Å². The zero-order valence-corrected chi connectivity index (χ0v) is 16.8. The number of para-hydroxylation sites is 2. The lowest BCUT2D eigenvalue weighted by Gasteiger charge is -2.17. The Kier molecular flexibility index (Phi) is 6.38. The highest BCUT2D eigenvalue weighted by Gasteiger charge is 2.15. The first-order chi connectivity index (χ1) is 13.8. The number of anilines is 3. The molecule has 0 spiro atoms. The molecule has 3 N–H and O–H groups in total. The molecule has 0 fully saturated rings. The summed E-state index contributed by atoms with van der Waals surface area (Å²) in [4.78, 5) is 23.6. The van der Waals surface area contributed by atoms with Crippen molar-refractivity contribution in [2.75, 3.05) is 28.2 Å². The highest BCUT2D eigenvalue weighted by atomic mass is 32.2. The molecule has 0 radical (unpaired) electrons. The zero-order chi connectivity index (χ0) is 20.9. The molecule has 0 aromatic heterocycles. The summed E-state index contributed by atoms with van der Waals surface area (Å²) in [5, 5.41) is 5.54. The third-order valence-corrected chi connectivity index (χ3v) is 4.88. The molecule has 0 atom stereocenters. The Bertz CT molecular complexity index is 1020. The number of hydrogen-bond acceptors (Lipinski definition) is 5. The molecule has 1 aliphatic rings. The van der Waals surface area contributed by atoms with Crippen LogP contribution in [0.5, 0.6) is 5.75 Å². The predicted molar refractivity (Wildman–Crippen MR) is 112 cm³/mol. The Morgan fingerprint density at radius 2 is 1.90 bits per heavy atom. The zero-order valence-electron chi connectivity index (χ0n) is 16.0. The SMILES string of the molecule is CS(=O)(=O)Nc1ccccc1NC(=O)CCCOc1ccc2c(c1)CCC(=O)N2. The van der Waals surface area contributed by atoms with E-state index in [1.165, 1.54) is 0 Å². The fourth-order valence-electron chi connectivity index (χ4n) is 2.97. The van der Waals surface area contributed by atoms with Crippen LogP contribution < -0.4 is 20.1 Å². The number of carbonyl (C=O) groups is 2. The van der Waals surface area contributed by atoms with E-state index in [0.717, 1.165) is 17.5 Å². The van der Waals surface area contributed by atoms with Crippen molar-refractivity contribution in [1.82, 2.24) is 0 Å². The number of carbonyl (C=O) groups excluding carboxylic acids is 2. The second kappa shape index (κ2) is 8.95. The van der Waals surface area contributed by atoms with Gasteiger partial charge in [-0.15, -0.1) is 0 Å². The van der Waals surface area contributed by atoms with Crippen LogP contribution in [0.25, 0.3) is 0 Å². The van der Waals surface area contributed by atoms with Crippen molar-refractivity contribution >= 4 is 38.9 Å². The molecule has 0 aliphatic carbocycles. The van der Waals surface area contributed by atoms with E-state index in [-0.39, 0.29) is 18.2 Å². The van der Waals surface area contributed by atoms with Crippen LogP contribution in [-0.4, -0.2) is 33.1 Å². The molecule has 154 valence electrons. The van der Waals surface area contributed by atoms with Crippen molar-refractivity contribution in [2.45, 2.75) is 25.7 Å². The van der Waals surface area contributed by atoms with Crippen LogP contribution in [0.2, 0.25) is 0 Å². The fraction of sp³-hybridized carbons (Fsp3) is 0.300. The van der Waals surface area contributed by atoms with E-state index in [4.69, 9.17) is 4.74 Å². The van der Waals surface area contributed by atoms with Gasteiger partial charge in [-0.25, -0.2) is 8.42 Å². The van der Waals surface area contributed by atoms with E-state index in [2.05, 4.69) is 15.4 Å². The molecular weight excluding hydrogens is 394 g/mol. The lowest BCUT2D eigenvalue weighted by Crippen LogP contribution is -2.18. The maximum Gasteiger partial charge on any atom is 0.229 e. The number of fused-ring (bicyclic) bond motifs is 1. The first-order valence-corrected chi connectivity index (χ1v) is 11.1. The van der Waals surface area contributed by atoms with Crippen LogP contribution in [0.15, 0.2) is 42.5 Å². The van der Waals surface area contributed by atoms with Crippen LogP contribution >= 0.6 is 0 Å². The summed E-state index contributed by atoms with van der Waals surface area (Å²) in [6.07, 6.45) is 2.93. The van der Waals surface area contributed by atoms with E-state index in [1.807, 2.05) is 12.1 Å². The fourth-order valence-corrected chi connectivity index (χ4v) is 3.54. The minimum atomic E-state index is -3.44. The number of hydrogen-bond donors (Lipinski definition) is 3. The number of nitrogens with one attached hydrogen (secondary N) is 3. The Hall–Kier alpha value is -3.07. The molecule has 9 heteroatoms. The molecular formula is C20H23N3O5S. The number of benzene rings is 2. The number of ether oxygens (including phenoxy) is 1. The summed E-state index contributed by atoms with van der Waals surface area (Å²) in [7, 11) is -3.44. The van der Waals surface area contributed by atoms with Crippen molar-refractivity contribution in [3.05, 3.63) is 48.0 Å². The van der Waals surface area contributed by atoms with Gasteiger partial charge in [-0.1, -0.05) is 12.1 Å². The van der Waals surface area contributed by atoms with Gasteiger partial charge in [-0.2, -0.15) is 0 Å². The van der Waals surface area contributed by atoms with Gasteiger partial charge in [-0.3, -0.25) is 14.3 Å². The van der Waals surface area contributed by atoms with Gasteiger partial charge in [-0.05, 0) is 48.7 Å². The standard InChI is InChI=1S/C20H23N3O5S/c1-29(26,27)23-18-6-3-2-5-17(18)22-19(24)7-4-12-28-15-9-10-16-14(13-15)8-11-20(25)21-16/h2-3,5-6,9-10,13,23H,4,7-8,11-12H2,1H3,(H,21,25)(H,22,24). The van der Waals surface area contributed by atoms with Crippen molar-refractivity contribution < 1.29 is 22.7 Å². The summed E-state index contributed by atoms with van der Waals surface area (Å²) in [5.74, 6) is 0.484. The van der Waals surface area contributed by atoms with Gasteiger partial charge < -0.3 is 15.4 Å². The Labute approximate surface area is 169 Å². The molecule has 8 nitrogen and oxygen atoms in total. The largest absolute Gasteiger partial charge is 0.494 e. The van der Waals surface area contributed by atoms with Gasteiger partial charge in [0.05, 0.1) is 24.2 Å². The highest BCUT2D eigenvalue weighted by molar-refractivity contribution is 7.92. The number of aryl methyl sites for hydroxylation is 1. The maximum atomic E-state index is 12.2. The minimum absolute atomic E-state index is 0.0190. The van der Waals surface area contributed by atoms with Gasteiger partial charge in [0.1, 0.15) is 5.75 Å². The second-order valence-corrected chi connectivity index (χ2v) is 8.54. The van der Waals surface area contributed by atoms with Gasteiger partial charge in [0, 0.05) is 18.5 Å². The summed E-state index contributed by atoms with van der Waals surface area (Å²) in [6.45, 7) is 0.363. The van der Waals surface area contributed by atoms with Crippen LogP contribution in [0, 0.1) is 0 Å². The number of rotatable bonds is 8. The molecule has 1 heterocycles. The summed E-state index contributed by atoms with van der Waals surface area (Å²) in [6, 6.07) is 12.1. The van der Waals surface area contributed by atoms with Gasteiger partial charge in [0.15, 0.2) is 0 Å². The normalized spacial score (nSPS) is 13.2. The van der Waals surface area contributed by atoms with Crippen LogP contribution in [0.1, 0.15) is 24.8 Å². The van der Waals surface area contributed by atoms with Crippen LogP contribution in [0.4, 0.5) is 17.1 Å². The predicted octanol–water partition coefficient (Wildman–Crippen LogP) is 2.74. The van der Waals surface area contributed by atoms with Gasteiger partial charge in [0.25, 0.3) is 0 Å². The second-order valence-electron chi connectivity index (χ2n) is 6.79. The topological polar surface area (TPSA) is 114 Å². The van der Waals surface area contributed by atoms with E-state index in [9.17, 15) is 18.0 Å². The van der Waals surface area contributed by atoms with Crippen LogP contribution in [-0.2, 0) is 26.0 Å². The average molecular weight is 417 g/mol. The molecule has 3 rings (SSSR count). The third kappa shape index (κ3) is 6.21. The van der Waals surface area contributed by atoms with Crippen molar-refractivity contribution in [2.24, 2.45) is 0 Å². The first-order valence-electron chi connectivity index (χ1n) is 9.22. The Balaban J connectivity index is 1.47. The summed E-state index contributed by atoms with van der Waals surface area (Å²) >= 11 is 0. The lowest BCUT2D eigenvalue weighted by molar-refractivity contribution is -0.117. The number of amides is 2. The molecule has 2 amide bonds. The third-order valence-electron chi connectivity index (χ3n) is 4.29. The highest BCUT2D eigenvalue weighted by Crippen LogP contribution is 2.27. The Morgan fingerprint density at radius 3 is 2.66 bits per heavy atom. The smallest absolute Gasteiger partial charge is 0.229 e. The maximum absolute atomic E-state index is 12.2. The molecule has 0 bridgehead atoms. The minimum Gasteiger partial charge on any atom is -0.494 e. The number of sulfonamides is 1. The molecule has 0 saturated carbocycles. The van der Waals surface area contributed by atoms with Crippen molar-refractivity contribution in [3.8, 4) is 5.75 Å². The molecule has 0 saturated heterocycles. The average Bonchev–Trinajstić information content (AvgIpc) is 2.66. The van der Waals surface area contributed by atoms with E-state index >= 15 is 0 Å². The van der Waals surface area contributed by atoms with Gasteiger partial charge >= 0.3 is 0 Å².